The second-order valence-corrected chi connectivity index (χ2v) is 3.23. The van der Waals surface area contributed by atoms with Gasteiger partial charge in [0.05, 0.1) is 6.54 Å². The van der Waals surface area contributed by atoms with Crippen molar-refractivity contribution in [1.82, 2.24) is 25.3 Å². The molecular formula is C9H12N6O. The molecule has 2 heterocycles. The maximum atomic E-state index is 11.5. The molecule has 0 radical (unpaired) electrons. The first-order valence-electron chi connectivity index (χ1n) is 4.82. The van der Waals surface area contributed by atoms with E-state index in [1.165, 1.54) is 6.07 Å². The minimum absolute atomic E-state index is 0.226. The van der Waals surface area contributed by atoms with Crippen molar-refractivity contribution in [3.63, 3.8) is 0 Å². The molecule has 4 N–H and O–H groups in total. The Hall–Kier alpha value is -2.31. The number of aromatic nitrogens is 4. The van der Waals surface area contributed by atoms with Crippen LogP contribution in [-0.4, -0.2) is 32.4 Å². The molecule has 2 aromatic rings. The van der Waals surface area contributed by atoms with Gasteiger partial charge in [-0.25, -0.2) is 0 Å². The quantitative estimate of drug-likeness (QED) is 0.653. The minimum atomic E-state index is -0.226. The summed E-state index contributed by atoms with van der Waals surface area (Å²) in [6.07, 6.45) is 3.53. The molecule has 0 aliphatic carbocycles. The van der Waals surface area contributed by atoms with Gasteiger partial charge in [0, 0.05) is 25.0 Å². The Labute approximate surface area is 91.6 Å². The van der Waals surface area contributed by atoms with Gasteiger partial charge in [-0.3, -0.25) is 14.6 Å². The molecule has 0 atom stereocenters. The molecule has 0 saturated carbocycles. The third-order valence-electron chi connectivity index (χ3n) is 2.03. The lowest BCUT2D eigenvalue weighted by Crippen LogP contribution is -2.27. The van der Waals surface area contributed by atoms with Gasteiger partial charge in [0.2, 0.25) is 0 Å². The lowest BCUT2D eigenvalue weighted by Gasteiger charge is -2.03. The Morgan fingerprint density at radius 2 is 2.50 bits per heavy atom. The summed E-state index contributed by atoms with van der Waals surface area (Å²) in [5.41, 5.74) is 5.74. The maximum absolute atomic E-state index is 11.5. The zero-order valence-electron chi connectivity index (χ0n) is 8.55. The topological polar surface area (TPSA) is 102 Å². The van der Waals surface area contributed by atoms with E-state index in [1.54, 1.807) is 10.9 Å². The second-order valence-electron chi connectivity index (χ2n) is 3.23. The first kappa shape index (κ1) is 10.2. The number of H-pyrrole nitrogens is 1. The van der Waals surface area contributed by atoms with E-state index in [4.69, 9.17) is 5.73 Å². The van der Waals surface area contributed by atoms with E-state index in [2.05, 4.69) is 20.6 Å². The van der Waals surface area contributed by atoms with E-state index in [0.29, 0.717) is 24.6 Å². The van der Waals surface area contributed by atoms with Crippen LogP contribution in [0.2, 0.25) is 0 Å². The zero-order valence-corrected chi connectivity index (χ0v) is 8.55. The average molecular weight is 220 g/mol. The number of carbonyl (C=O) groups is 1. The number of nitrogens with one attached hydrogen (secondary N) is 2. The van der Waals surface area contributed by atoms with Crippen molar-refractivity contribution in [3.8, 4) is 0 Å². The van der Waals surface area contributed by atoms with Crippen LogP contribution in [0, 0.1) is 0 Å². The number of nitrogens with two attached hydrogens (primary N) is 1. The van der Waals surface area contributed by atoms with E-state index < -0.39 is 0 Å². The molecule has 0 aromatic carbocycles. The van der Waals surface area contributed by atoms with Crippen LogP contribution in [0.1, 0.15) is 10.5 Å². The highest BCUT2D eigenvalue weighted by Crippen LogP contribution is 1.99. The molecule has 0 saturated heterocycles. The predicted octanol–water partition coefficient (Wildman–Crippen LogP) is -0.382. The fourth-order valence-electron chi connectivity index (χ4n) is 1.27. The smallest absolute Gasteiger partial charge is 0.269 e. The monoisotopic (exact) mass is 220 g/mol. The molecule has 7 nitrogen and oxygen atoms in total. The van der Waals surface area contributed by atoms with Crippen LogP contribution >= 0.6 is 0 Å². The standard InChI is InChI=1S/C9H12N6O/c10-8-6-7(13-14-8)9(16)11-3-5-15-4-1-2-12-15/h1-2,4,6H,3,5H2,(H,11,16)(H3,10,13,14). The highest BCUT2D eigenvalue weighted by Gasteiger charge is 2.07. The third-order valence-corrected chi connectivity index (χ3v) is 2.03. The fourth-order valence-corrected chi connectivity index (χ4v) is 1.27. The summed E-state index contributed by atoms with van der Waals surface area (Å²) in [6, 6.07) is 3.32. The largest absolute Gasteiger partial charge is 0.382 e. The molecule has 1 amide bonds. The molecule has 0 unspecified atom stereocenters. The Morgan fingerprint density at radius 1 is 1.62 bits per heavy atom. The summed E-state index contributed by atoms with van der Waals surface area (Å²) in [4.78, 5) is 11.5. The average Bonchev–Trinajstić information content (AvgIpc) is 2.89. The summed E-state index contributed by atoms with van der Waals surface area (Å²) in [6.45, 7) is 1.13. The van der Waals surface area contributed by atoms with Crippen molar-refractivity contribution in [1.29, 1.82) is 0 Å². The van der Waals surface area contributed by atoms with E-state index in [0.717, 1.165) is 0 Å². The maximum Gasteiger partial charge on any atom is 0.269 e. The molecule has 2 rings (SSSR count). The lowest BCUT2D eigenvalue weighted by molar-refractivity contribution is 0.0947. The minimum Gasteiger partial charge on any atom is -0.382 e. The zero-order chi connectivity index (χ0) is 11.4. The van der Waals surface area contributed by atoms with Gasteiger partial charge in [-0.15, -0.1) is 0 Å². The number of hydrogen-bond donors (Lipinski definition) is 3. The number of anilines is 1. The van der Waals surface area contributed by atoms with Crippen LogP contribution in [0.4, 0.5) is 5.82 Å². The Morgan fingerprint density at radius 3 is 3.12 bits per heavy atom. The van der Waals surface area contributed by atoms with Crippen molar-refractivity contribution < 1.29 is 4.79 Å². The van der Waals surface area contributed by atoms with Gasteiger partial charge in [0.1, 0.15) is 11.5 Å². The highest BCUT2D eigenvalue weighted by molar-refractivity contribution is 5.92. The van der Waals surface area contributed by atoms with Crippen LogP contribution < -0.4 is 11.1 Å². The molecule has 0 bridgehead atoms. The van der Waals surface area contributed by atoms with Gasteiger partial charge in [-0.05, 0) is 6.07 Å². The van der Waals surface area contributed by atoms with Gasteiger partial charge >= 0.3 is 0 Å². The Balaban J connectivity index is 1.80. The molecule has 0 spiro atoms. The number of aromatic amines is 1. The normalized spacial score (nSPS) is 10.2. The number of nitrogen functional groups attached to an aromatic ring is 1. The van der Waals surface area contributed by atoms with E-state index in [-0.39, 0.29) is 5.91 Å². The van der Waals surface area contributed by atoms with Crippen molar-refractivity contribution in [2.45, 2.75) is 6.54 Å². The fraction of sp³-hybridized carbons (Fsp3) is 0.222. The van der Waals surface area contributed by atoms with Gasteiger partial charge in [-0.2, -0.15) is 10.2 Å². The lowest BCUT2D eigenvalue weighted by atomic mass is 10.4. The predicted molar refractivity (Wildman–Crippen MR) is 57.6 cm³/mol. The van der Waals surface area contributed by atoms with Gasteiger partial charge in [-0.1, -0.05) is 0 Å². The molecule has 84 valence electrons. The number of hydrogen-bond acceptors (Lipinski definition) is 4. The number of rotatable bonds is 4. The Kier molecular flexibility index (Phi) is 2.86. The van der Waals surface area contributed by atoms with Crippen LogP contribution in [0.5, 0.6) is 0 Å². The number of carbonyl (C=O) groups excluding carboxylic acids is 1. The van der Waals surface area contributed by atoms with Gasteiger partial charge < -0.3 is 11.1 Å². The molecule has 2 aromatic heterocycles. The van der Waals surface area contributed by atoms with E-state index in [9.17, 15) is 4.79 Å². The van der Waals surface area contributed by atoms with Crippen LogP contribution in [-0.2, 0) is 6.54 Å². The first-order valence-corrected chi connectivity index (χ1v) is 4.82. The van der Waals surface area contributed by atoms with Crippen molar-refractivity contribution >= 4 is 11.7 Å². The Bertz CT molecular complexity index is 460. The summed E-state index contributed by atoms with van der Waals surface area (Å²) in [5, 5.41) is 12.9. The molecule has 7 heteroatoms. The van der Waals surface area contributed by atoms with Crippen molar-refractivity contribution in [3.05, 3.63) is 30.2 Å². The summed E-state index contributed by atoms with van der Waals surface area (Å²) >= 11 is 0. The van der Waals surface area contributed by atoms with Gasteiger partial charge in [0.15, 0.2) is 0 Å². The molecule has 0 aliphatic rings. The molecule has 0 fully saturated rings. The van der Waals surface area contributed by atoms with Gasteiger partial charge in [0.25, 0.3) is 5.91 Å². The molecule has 0 aliphatic heterocycles. The summed E-state index contributed by atoms with van der Waals surface area (Å²) < 4.78 is 1.74. The second kappa shape index (κ2) is 4.47. The number of amides is 1. The SMILES string of the molecule is Nc1cc(C(=O)NCCn2cccn2)[nH]n1. The molecular weight excluding hydrogens is 208 g/mol. The van der Waals surface area contributed by atoms with Crippen molar-refractivity contribution in [2.24, 2.45) is 0 Å². The third kappa shape index (κ3) is 2.38. The van der Waals surface area contributed by atoms with E-state index >= 15 is 0 Å². The van der Waals surface area contributed by atoms with Crippen LogP contribution in [0.15, 0.2) is 24.5 Å². The first-order chi connectivity index (χ1) is 7.75. The van der Waals surface area contributed by atoms with Crippen molar-refractivity contribution in [2.75, 3.05) is 12.3 Å². The molecule has 16 heavy (non-hydrogen) atoms. The van der Waals surface area contributed by atoms with E-state index in [1.807, 2.05) is 12.3 Å². The summed E-state index contributed by atoms with van der Waals surface area (Å²) in [5.74, 6) is 0.0774. The van der Waals surface area contributed by atoms with Crippen LogP contribution in [0.3, 0.4) is 0 Å². The summed E-state index contributed by atoms with van der Waals surface area (Å²) in [7, 11) is 0. The number of nitrogens with zero attached hydrogens (tertiary/aromatic N) is 3. The highest BCUT2D eigenvalue weighted by atomic mass is 16.1. The van der Waals surface area contributed by atoms with Crippen LogP contribution in [0.25, 0.3) is 0 Å².